The summed E-state index contributed by atoms with van der Waals surface area (Å²) in [7, 11) is 3.96. The van der Waals surface area contributed by atoms with Crippen molar-refractivity contribution in [3.05, 3.63) is 33.5 Å². The Kier molecular flexibility index (Phi) is 3.25. The second-order valence-electron chi connectivity index (χ2n) is 4.59. The van der Waals surface area contributed by atoms with Gasteiger partial charge in [-0.1, -0.05) is 0 Å². The maximum atomic E-state index is 6.19. The first kappa shape index (κ1) is 13.5. The molecule has 0 fully saturated rings. The first-order chi connectivity index (χ1) is 9.47. The third-order valence-corrected chi connectivity index (χ3v) is 4.74. The zero-order valence-corrected chi connectivity index (χ0v) is 14.1. The number of pyridine rings is 1. The van der Waals surface area contributed by atoms with Gasteiger partial charge in [-0.2, -0.15) is 0 Å². The summed E-state index contributed by atoms with van der Waals surface area (Å²) in [6, 6.07) is 5.77. The van der Waals surface area contributed by atoms with E-state index in [0.29, 0.717) is 21.9 Å². The normalized spacial score (nSPS) is 11.2. The Labute approximate surface area is 132 Å². The Bertz CT molecular complexity index is 772. The van der Waals surface area contributed by atoms with E-state index in [1.54, 1.807) is 0 Å². The molecule has 0 saturated heterocycles. The minimum atomic E-state index is 0.553. The molecule has 20 heavy (non-hydrogen) atoms. The number of rotatable bonds is 2. The molecule has 2 N–H and O–H groups in total. The molecule has 0 aliphatic heterocycles. The van der Waals surface area contributed by atoms with Gasteiger partial charge >= 0.3 is 0 Å². The summed E-state index contributed by atoms with van der Waals surface area (Å²) in [4.78, 5) is 6.53. The highest BCUT2D eigenvalue weighted by molar-refractivity contribution is 9.13. The second kappa shape index (κ2) is 4.82. The molecule has 3 aromatic heterocycles. The quantitative estimate of drug-likeness (QED) is 0.712. The Hall–Kier alpha value is -1.47. The molecular weight excluding hydrogens is 388 g/mol. The van der Waals surface area contributed by atoms with E-state index in [1.165, 1.54) is 0 Å². The summed E-state index contributed by atoms with van der Waals surface area (Å²) in [5.74, 6) is 1.17. The van der Waals surface area contributed by atoms with E-state index < -0.39 is 0 Å². The molecular formula is C13H12Br2N4O. The number of hydrogen-bond acceptors (Lipinski definition) is 4. The van der Waals surface area contributed by atoms with Crippen LogP contribution in [0.25, 0.3) is 17.1 Å². The first-order valence-electron chi connectivity index (χ1n) is 5.87. The van der Waals surface area contributed by atoms with Crippen molar-refractivity contribution in [2.75, 3.05) is 24.7 Å². The predicted molar refractivity (Wildman–Crippen MR) is 87.0 cm³/mol. The van der Waals surface area contributed by atoms with Crippen molar-refractivity contribution in [3.8, 4) is 11.5 Å². The molecule has 0 radical (unpaired) electrons. The minimum absolute atomic E-state index is 0.553. The van der Waals surface area contributed by atoms with Crippen molar-refractivity contribution < 1.29 is 4.42 Å². The summed E-state index contributed by atoms with van der Waals surface area (Å²) >= 11 is 6.71. The van der Waals surface area contributed by atoms with Crippen molar-refractivity contribution in [3.63, 3.8) is 0 Å². The molecule has 0 saturated carbocycles. The van der Waals surface area contributed by atoms with Gasteiger partial charge in [0.05, 0.1) is 10.2 Å². The van der Waals surface area contributed by atoms with Gasteiger partial charge < -0.3 is 15.1 Å². The lowest BCUT2D eigenvalue weighted by atomic mass is 10.3. The Morgan fingerprint density at radius 1 is 1.30 bits per heavy atom. The predicted octanol–water partition coefficient (Wildman–Crippen LogP) is 3.77. The molecule has 5 nitrogen and oxygen atoms in total. The highest BCUT2D eigenvalue weighted by Crippen LogP contribution is 2.35. The summed E-state index contributed by atoms with van der Waals surface area (Å²) in [5, 5.41) is 0. The summed E-state index contributed by atoms with van der Waals surface area (Å²) in [5.41, 5.74) is 8.66. The van der Waals surface area contributed by atoms with Crippen LogP contribution < -0.4 is 10.6 Å². The maximum absolute atomic E-state index is 6.19. The summed E-state index contributed by atoms with van der Waals surface area (Å²) in [6.07, 6.45) is 1.95. The lowest BCUT2D eigenvalue weighted by molar-refractivity contribution is 0.552. The molecule has 0 amide bonds. The van der Waals surface area contributed by atoms with Crippen LogP contribution in [0.3, 0.4) is 0 Å². The topological polar surface area (TPSA) is 59.7 Å². The maximum Gasteiger partial charge on any atom is 0.184 e. The van der Waals surface area contributed by atoms with Crippen LogP contribution in [0.5, 0.6) is 0 Å². The average Bonchev–Trinajstić information content (AvgIpc) is 2.91. The van der Waals surface area contributed by atoms with Gasteiger partial charge in [-0.05, 0) is 44.0 Å². The Morgan fingerprint density at radius 2 is 2.05 bits per heavy atom. The molecule has 0 atom stereocenters. The van der Waals surface area contributed by atoms with Gasteiger partial charge in [0.15, 0.2) is 10.4 Å². The van der Waals surface area contributed by atoms with Crippen molar-refractivity contribution in [1.29, 1.82) is 0 Å². The van der Waals surface area contributed by atoms with Gasteiger partial charge in [-0.15, -0.1) is 0 Å². The Balaban J connectivity index is 2.20. The van der Waals surface area contributed by atoms with E-state index in [0.717, 1.165) is 15.8 Å². The average molecular weight is 400 g/mol. The van der Waals surface area contributed by atoms with Crippen LogP contribution in [0.15, 0.2) is 38.0 Å². The van der Waals surface area contributed by atoms with Crippen LogP contribution in [0.1, 0.15) is 0 Å². The van der Waals surface area contributed by atoms with Gasteiger partial charge in [0.25, 0.3) is 0 Å². The highest BCUT2D eigenvalue weighted by Gasteiger charge is 2.17. The van der Waals surface area contributed by atoms with Crippen LogP contribution >= 0.6 is 31.9 Å². The molecule has 3 aromatic rings. The number of nitrogen functional groups attached to an aromatic ring is 1. The van der Waals surface area contributed by atoms with Crippen LogP contribution in [-0.4, -0.2) is 23.5 Å². The zero-order chi connectivity index (χ0) is 14.4. The van der Waals surface area contributed by atoms with E-state index >= 15 is 0 Å². The van der Waals surface area contributed by atoms with Crippen LogP contribution in [0.2, 0.25) is 0 Å². The molecule has 3 rings (SSSR count). The number of imidazole rings is 1. The fourth-order valence-corrected chi connectivity index (χ4v) is 2.54. The van der Waals surface area contributed by atoms with E-state index in [9.17, 15) is 0 Å². The van der Waals surface area contributed by atoms with E-state index in [1.807, 2.05) is 47.8 Å². The molecule has 3 heterocycles. The van der Waals surface area contributed by atoms with Gasteiger partial charge in [0, 0.05) is 26.4 Å². The molecule has 0 spiro atoms. The number of halogens is 2. The number of furan rings is 1. The number of nitrogens with two attached hydrogens (primary N) is 1. The molecule has 7 heteroatoms. The number of hydrogen-bond donors (Lipinski definition) is 1. The molecule has 0 bridgehead atoms. The monoisotopic (exact) mass is 398 g/mol. The largest absolute Gasteiger partial charge is 0.446 e. The molecule has 0 aromatic carbocycles. The number of fused-ring (bicyclic) bond motifs is 1. The molecule has 0 aliphatic carbocycles. The standard InChI is InChI=1S/C13H12Br2N4O/c1-18(2)7-3-4-10-17-11(13(16)19(10)6-7)9-5-8(14)12(15)20-9/h3-6H,16H2,1-2H3. The van der Waals surface area contributed by atoms with Crippen LogP contribution in [0.4, 0.5) is 11.5 Å². The SMILES string of the molecule is CN(C)c1ccc2nc(-c3cc(Br)c(Br)o3)c(N)n2c1. The minimum Gasteiger partial charge on any atom is -0.446 e. The fourth-order valence-electron chi connectivity index (χ4n) is 1.96. The fraction of sp³-hybridized carbons (Fsp3) is 0.154. The van der Waals surface area contributed by atoms with E-state index in [4.69, 9.17) is 10.2 Å². The summed E-state index contributed by atoms with van der Waals surface area (Å²) in [6.45, 7) is 0. The van der Waals surface area contributed by atoms with Crippen LogP contribution in [0, 0.1) is 0 Å². The lowest BCUT2D eigenvalue weighted by Crippen LogP contribution is -2.09. The van der Waals surface area contributed by atoms with Gasteiger partial charge in [0.1, 0.15) is 17.2 Å². The third-order valence-electron chi connectivity index (χ3n) is 3.03. The number of nitrogens with zero attached hydrogens (tertiary/aromatic N) is 3. The van der Waals surface area contributed by atoms with E-state index in [-0.39, 0.29) is 0 Å². The van der Waals surface area contributed by atoms with Gasteiger partial charge in [0.2, 0.25) is 0 Å². The second-order valence-corrected chi connectivity index (χ2v) is 6.16. The zero-order valence-electron chi connectivity index (χ0n) is 10.9. The van der Waals surface area contributed by atoms with Gasteiger partial charge in [-0.3, -0.25) is 4.40 Å². The third kappa shape index (κ3) is 2.10. The molecule has 0 aliphatic rings. The van der Waals surface area contributed by atoms with E-state index in [2.05, 4.69) is 36.8 Å². The number of anilines is 2. The van der Waals surface area contributed by atoms with Crippen molar-refractivity contribution in [2.45, 2.75) is 0 Å². The first-order valence-corrected chi connectivity index (χ1v) is 7.46. The molecule has 0 unspecified atom stereocenters. The molecule has 104 valence electrons. The van der Waals surface area contributed by atoms with Crippen molar-refractivity contribution in [2.24, 2.45) is 0 Å². The van der Waals surface area contributed by atoms with Crippen LogP contribution in [-0.2, 0) is 0 Å². The Morgan fingerprint density at radius 3 is 2.65 bits per heavy atom. The highest BCUT2D eigenvalue weighted by atomic mass is 79.9. The number of aromatic nitrogens is 2. The van der Waals surface area contributed by atoms with Gasteiger partial charge in [-0.25, -0.2) is 4.98 Å². The van der Waals surface area contributed by atoms with Crippen molar-refractivity contribution >= 4 is 49.0 Å². The lowest BCUT2D eigenvalue weighted by Gasteiger charge is -2.12. The smallest absolute Gasteiger partial charge is 0.184 e. The summed E-state index contributed by atoms with van der Waals surface area (Å²) < 4.78 is 8.90. The van der Waals surface area contributed by atoms with Crippen molar-refractivity contribution in [1.82, 2.24) is 9.38 Å².